The minimum absolute atomic E-state index is 0. The first-order valence-corrected chi connectivity index (χ1v) is 7.69. The molecule has 0 aliphatic carbocycles. The van der Waals surface area contributed by atoms with Crippen molar-refractivity contribution in [3.05, 3.63) is 27.1 Å². The van der Waals surface area contributed by atoms with Gasteiger partial charge in [-0.3, -0.25) is 0 Å². The van der Waals surface area contributed by atoms with Crippen LogP contribution in [0.25, 0.3) is 0 Å². The minimum atomic E-state index is -3.47. The molecule has 0 aliphatic rings. The van der Waals surface area contributed by atoms with Gasteiger partial charge in [-0.15, -0.1) is 12.4 Å². The Hall–Kier alpha value is 0.340. The van der Waals surface area contributed by atoms with E-state index in [-0.39, 0.29) is 17.3 Å². The highest BCUT2D eigenvalue weighted by Crippen LogP contribution is 2.25. The van der Waals surface area contributed by atoms with Crippen molar-refractivity contribution in [1.82, 2.24) is 4.72 Å². The maximum Gasteiger partial charge on any atom is 0.241 e. The highest BCUT2D eigenvalue weighted by atomic mass is 79.9. The Labute approximate surface area is 124 Å². The van der Waals surface area contributed by atoms with Crippen LogP contribution in [-0.4, -0.2) is 21.5 Å². The van der Waals surface area contributed by atoms with Gasteiger partial charge in [0.15, 0.2) is 0 Å². The highest BCUT2D eigenvalue weighted by Gasteiger charge is 2.16. The van der Waals surface area contributed by atoms with Crippen molar-refractivity contribution >= 4 is 54.3 Å². The lowest BCUT2D eigenvalue weighted by Gasteiger charge is -2.08. The van der Waals surface area contributed by atoms with E-state index in [1.54, 1.807) is 18.2 Å². The summed E-state index contributed by atoms with van der Waals surface area (Å²) < 4.78 is 27.5. The van der Waals surface area contributed by atoms with Gasteiger partial charge in [-0.1, -0.05) is 15.9 Å². The van der Waals surface area contributed by atoms with Gasteiger partial charge < -0.3 is 5.73 Å². The molecule has 1 rings (SSSR count). The van der Waals surface area contributed by atoms with Crippen LogP contribution in [0.1, 0.15) is 6.42 Å². The third kappa shape index (κ3) is 5.23. The molecule has 1 aromatic rings. The summed E-state index contributed by atoms with van der Waals surface area (Å²) in [4.78, 5) is 0.221. The van der Waals surface area contributed by atoms with Gasteiger partial charge in [0.2, 0.25) is 10.0 Å². The molecular weight excluding hydrogens is 395 g/mol. The van der Waals surface area contributed by atoms with Gasteiger partial charge in [-0.2, -0.15) is 0 Å². The second kappa shape index (κ2) is 7.70. The standard InChI is InChI=1S/C9H12Br2N2O2S.ClH/c10-7-2-3-8(11)9(6-7)16(14,15)13-5-1-4-12;/h2-3,6,13H,1,4-5,12H2;1H. The van der Waals surface area contributed by atoms with Crippen LogP contribution in [0.3, 0.4) is 0 Å². The van der Waals surface area contributed by atoms with Gasteiger partial charge in [-0.25, -0.2) is 13.1 Å². The third-order valence-corrected chi connectivity index (χ3v) is 4.80. The molecule has 0 aromatic heterocycles. The van der Waals surface area contributed by atoms with Crippen molar-refractivity contribution in [3.8, 4) is 0 Å². The minimum Gasteiger partial charge on any atom is -0.330 e. The molecule has 1 aromatic carbocycles. The molecule has 0 radical (unpaired) electrons. The molecule has 0 aliphatic heterocycles. The van der Waals surface area contributed by atoms with E-state index in [2.05, 4.69) is 36.6 Å². The lowest BCUT2D eigenvalue weighted by molar-refractivity contribution is 0.579. The molecule has 17 heavy (non-hydrogen) atoms. The van der Waals surface area contributed by atoms with Gasteiger partial charge in [0.05, 0.1) is 4.90 Å². The molecule has 0 atom stereocenters. The Morgan fingerprint density at radius 2 is 1.94 bits per heavy atom. The molecule has 0 saturated carbocycles. The van der Waals surface area contributed by atoms with Crippen LogP contribution in [0.15, 0.2) is 32.0 Å². The Balaban J connectivity index is 0.00000256. The van der Waals surface area contributed by atoms with Crippen LogP contribution in [0, 0.1) is 0 Å². The summed E-state index contributed by atoms with van der Waals surface area (Å²) in [5.74, 6) is 0. The molecule has 0 spiro atoms. The first-order valence-electron chi connectivity index (χ1n) is 4.62. The van der Waals surface area contributed by atoms with E-state index >= 15 is 0 Å². The summed E-state index contributed by atoms with van der Waals surface area (Å²) in [7, 11) is -3.47. The van der Waals surface area contributed by atoms with Crippen LogP contribution in [0.4, 0.5) is 0 Å². The van der Waals surface area contributed by atoms with Gasteiger partial charge >= 0.3 is 0 Å². The largest absolute Gasteiger partial charge is 0.330 e. The van der Waals surface area contributed by atoms with Crippen LogP contribution in [0.2, 0.25) is 0 Å². The van der Waals surface area contributed by atoms with Gasteiger partial charge in [-0.05, 0) is 47.1 Å². The number of rotatable bonds is 5. The smallest absolute Gasteiger partial charge is 0.241 e. The van der Waals surface area contributed by atoms with Crippen molar-refractivity contribution in [3.63, 3.8) is 0 Å². The van der Waals surface area contributed by atoms with Crippen molar-refractivity contribution in [1.29, 1.82) is 0 Å². The first kappa shape index (κ1) is 17.3. The molecule has 4 nitrogen and oxygen atoms in total. The average Bonchev–Trinajstić information content (AvgIpc) is 2.22. The number of benzene rings is 1. The van der Waals surface area contributed by atoms with Crippen LogP contribution < -0.4 is 10.5 Å². The van der Waals surface area contributed by atoms with Gasteiger partial charge in [0.25, 0.3) is 0 Å². The Morgan fingerprint density at radius 3 is 2.53 bits per heavy atom. The van der Waals surface area contributed by atoms with E-state index in [1.165, 1.54) is 0 Å². The number of nitrogens with two attached hydrogens (primary N) is 1. The van der Waals surface area contributed by atoms with Gasteiger partial charge in [0, 0.05) is 15.5 Å². The number of sulfonamides is 1. The van der Waals surface area contributed by atoms with Crippen LogP contribution >= 0.6 is 44.3 Å². The molecule has 0 heterocycles. The highest BCUT2D eigenvalue weighted by molar-refractivity contribution is 9.11. The second-order valence-corrected chi connectivity index (χ2v) is 6.62. The lowest BCUT2D eigenvalue weighted by atomic mass is 10.4. The van der Waals surface area contributed by atoms with Crippen molar-refractivity contribution in [2.45, 2.75) is 11.3 Å². The molecule has 0 fully saturated rings. The molecule has 8 heteroatoms. The van der Waals surface area contributed by atoms with E-state index in [1.807, 2.05) is 0 Å². The maximum absolute atomic E-state index is 11.9. The molecule has 0 saturated heterocycles. The number of nitrogens with one attached hydrogen (secondary N) is 1. The Bertz CT molecular complexity index is 468. The van der Waals surface area contributed by atoms with E-state index in [9.17, 15) is 8.42 Å². The van der Waals surface area contributed by atoms with Crippen molar-refractivity contribution < 1.29 is 8.42 Å². The summed E-state index contributed by atoms with van der Waals surface area (Å²) >= 11 is 6.45. The number of halogens is 3. The normalized spacial score (nSPS) is 11.0. The zero-order valence-corrected chi connectivity index (χ0v) is 13.6. The predicted octanol–water partition coefficient (Wildman–Crippen LogP) is 2.26. The summed E-state index contributed by atoms with van der Waals surface area (Å²) in [6, 6.07) is 5.00. The predicted molar refractivity (Wildman–Crippen MR) is 77.9 cm³/mol. The summed E-state index contributed by atoms with van der Waals surface area (Å²) in [5.41, 5.74) is 5.30. The molecule has 0 amide bonds. The number of hydrogen-bond acceptors (Lipinski definition) is 3. The molecule has 0 bridgehead atoms. The molecule has 0 unspecified atom stereocenters. The fourth-order valence-electron chi connectivity index (χ4n) is 1.07. The molecule has 98 valence electrons. The monoisotopic (exact) mass is 406 g/mol. The average molecular weight is 409 g/mol. The second-order valence-electron chi connectivity index (χ2n) is 3.11. The Morgan fingerprint density at radius 1 is 1.29 bits per heavy atom. The molecular formula is C9H13Br2ClN2O2S. The Kier molecular flexibility index (Phi) is 7.86. The zero-order chi connectivity index (χ0) is 12.2. The summed E-state index contributed by atoms with van der Waals surface area (Å²) in [6.45, 7) is 0.806. The van der Waals surface area contributed by atoms with Crippen molar-refractivity contribution in [2.24, 2.45) is 5.73 Å². The summed E-state index contributed by atoms with van der Waals surface area (Å²) in [5, 5.41) is 0. The topological polar surface area (TPSA) is 72.2 Å². The lowest BCUT2D eigenvalue weighted by Crippen LogP contribution is -2.26. The number of hydrogen-bond donors (Lipinski definition) is 2. The third-order valence-electron chi connectivity index (χ3n) is 1.86. The first-order chi connectivity index (χ1) is 7.47. The molecule has 3 N–H and O–H groups in total. The zero-order valence-electron chi connectivity index (χ0n) is 8.82. The van der Waals surface area contributed by atoms with E-state index in [0.717, 1.165) is 4.47 Å². The summed E-state index contributed by atoms with van der Waals surface area (Å²) in [6.07, 6.45) is 0.616. The quantitative estimate of drug-likeness (QED) is 0.734. The van der Waals surface area contributed by atoms with Crippen LogP contribution in [-0.2, 0) is 10.0 Å². The maximum atomic E-state index is 11.9. The van der Waals surface area contributed by atoms with Crippen molar-refractivity contribution in [2.75, 3.05) is 13.1 Å². The SMILES string of the molecule is Cl.NCCCNS(=O)(=O)c1cc(Br)ccc1Br. The van der Waals surface area contributed by atoms with Crippen LogP contribution in [0.5, 0.6) is 0 Å². The van der Waals surface area contributed by atoms with E-state index < -0.39 is 10.0 Å². The van der Waals surface area contributed by atoms with E-state index in [4.69, 9.17) is 5.73 Å². The fourth-order valence-corrected chi connectivity index (χ4v) is 3.64. The fraction of sp³-hybridized carbons (Fsp3) is 0.333. The van der Waals surface area contributed by atoms with E-state index in [0.29, 0.717) is 24.0 Å². The van der Waals surface area contributed by atoms with Gasteiger partial charge in [0.1, 0.15) is 0 Å².